The van der Waals surface area contributed by atoms with E-state index in [1.165, 1.54) is 12.1 Å². The molecule has 1 aromatic carbocycles. The minimum absolute atomic E-state index is 0.0167. The Kier molecular flexibility index (Phi) is 4.55. The lowest BCUT2D eigenvalue weighted by molar-refractivity contribution is 0.601. The van der Waals surface area contributed by atoms with Crippen LogP contribution in [0.4, 0.5) is 11.5 Å². The van der Waals surface area contributed by atoms with Gasteiger partial charge in [0.2, 0.25) is 0 Å². The molecule has 1 heterocycles. The lowest BCUT2D eigenvalue weighted by Crippen LogP contribution is -2.15. The van der Waals surface area contributed by atoms with Gasteiger partial charge in [-0.1, -0.05) is 36.2 Å². The van der Waals surface area contributed by atoms with Gasteiger partial charge in [-0.05, 0) is 24.1 Å². The Morgan fingerprint density at radius 1 is 1.29 bits per heavy atom. The molecule has 0 aliphatic rings. The summed E-state index contributed by atoms with van der Waals surface area (Å²) in [5.74, 6) is -0.0881. The molecular weight excluding hydrogens is 335 g/mol. The number of aryl methyl sites for hydroxylation is 1. The van der Waals surface area contributed by atoms with Crippen molar-refractivity contribution in [3.63, 3.8) is 0 Å². The van der Waals surface area contributed by atoms with Gasteiger partial charge in [0.1, 0.15) is 11.3 Å². The van der Waals surface area contributed by atoms with Crippen LogP contribution >= 0.6 is 23.2 Å². The SMILES string of the molecule is CCc1ccc(S(=O)(=O)Nc2ncnc(Cl)c2Cl)cc1N. The Hall–Kier alpha value is -1.57. The zero-order valence-corrected chi connectivity index (χ0v) is 13.3. The number of aromatic nitrogens is 2. The lowest BCUT2D eigenvalue weighted by atomic mass is 10.1. The Bertz CT molecular complexity index is 781. The normalized spacial score (nSPS) is 11.4. The molecule has 6 nitrogen and oxygen atoms in total. The molecule has 0 spiro atoms. The van der Waals surface area contributed by atoms with Crippen LogP contribution in [0.15, 0.2) is 29.4 Å². The molecule has 9 heteroatoms. The second-order valence-electron chi connectivity index (χ2n) is 4.15. The first-order valence-corrected chi connectivity index (χ1v) is 8.16. The molecule has 0 amide bonds. The van der Waals surface area contributed by atoms with Crippen molar-refractivity contribution in [3.05, 3.63) is 40.3 Å². The fourth-order valence-electron chi connectivity index (χ4n) is 1.67. The van der Waals surface area contributed by atoms with Crippen molar-refractivity contribution in [2.75, 3.05) is 10.5 Å². The summed E-state index contributed by atoms with van der Waals surface area (Å²) in [5, 5.41) is -0.105. The summed E-state index contributed by atoms with van der Waals surface area (Å²) in [6.45, 7) is 1.93. The highest BCUT2D eigenvalue weighted by atomic mass is 35.5. The van der Waals surface area contributed by atoms with E-state index in [9.17, 15) is 8.42 Å². The molecular formula is C12H12Cl2N4O2S. The summed E-state index contributed by atoms with van der Waals surface area (Å²) in [6, 6.07) is 4.52. The van der Waals surface area contributed by atoms with Crippen LogP contribution in [0.3, 0.4) is 0 Å². The number of nitrogens with zero attached hydrogens (tertiary/aromatic N) is 2. The molecule has 1 aromatic heterocycles. The molecule has 21 heavy (non-hydrogen) atoms. The molecule has 0 unspecified atom stereocenters. The van der Waals surface area contributed by atoms with E-state index in [-0.39, 0.29) is 20.9 Å². The van der Waals surface area contributed by atoms with E-state index in [4.69, 9.17) is 28.9 Å². The number of rotatable bonds is 4. The van der Waals surface area contributed by atoms with Crippen molar-refractivity contribution in [1.29, 1.82) is 0 Å². The second kappa shape index (κ2) is 6.05. The van der Waals surface area contributed by atoms with E-state index < -0.39 is 10.0 Å². The van der Waals surface area contributed by atoms with Crippen LogP contribution in [0.5, 0.6) is 0 Å². The molecule has 0 saturated carbocycles. The maximum absolute atomic E-state index is 12.3. The highest BCUT2D eigenvalue weighted by Crippen LogP contribution is 2.28. The summed E-state index contributed by atoms with van der Waals surface area (Å²) in [5.41, 5.74) is 7.09. The minimum atomic E-state index is -3.86. The van der Waals surface area contributed by atoms with Crippen LogP contribution in [0.2, 0.25) is 10.2 Å². The summed E-state index contributed by atoms with van der Waals surface area (Å²) in [4.78, 5) is 7.42. The van der Waals surface area contributed by atoms with Gasteiger partial charge in [-0.2, -0.15) is 0 Å². The molecule has 112 valence electrons. The third kappa shape index (κ3) is 3.37. The van der Waals surface area contributed by atoms with Crippen LogP contribution in [0.1, 0.15) is 12.5 Å². The van der Waals surface area contributed by atoms with Crippen molar-refractivity contribution in [2.24, 2.45) is 0 Å². The van der Waals surface area contributed by atoms with Crippen LogP contribution in [0, 0.1) is 0 Å². The lowest BCUT2D eigenvalue weighted by Gasteiger charge is -2.10. The fourth-order valence-corrected chi connectivity index (χ4v) is 3.06. The summed E-state index contributed by atoms with van der Waals surface area (Å²) in [6.07, 6.45) is 1.83. The summed E-state index contributed by atoms with van der Waals surface area (Å²) < 4.78 is 26.8. The molecule has 0 radical (unpaired) electrons. The zero-order valence-electron chi connectivity index (χ0n) is 11.0. The topological polar surface area (TPSA) is 98.0 Å². The van der Waals surface area contributed by atoms with E-state index in [1.807, 2.05) is 6.92 Å². The number of halogens is 2. The maximum atomic E-state index is 12.3. The average Bonchev–Trinajstić information content (AvgIpc) is 2.43. The number of hydrogen-bond donors (Lipinski definition) is 2. The highest BCUT2D eigenvalue weighted by Gasteiger charge is 2.19. The number of nitrogens with two attached hydrogens (primary N) is 1. The van der Waals surface area contributed by atoms with Gasteiger partial charge in [-0.3, -0.25) is 4.72 Å². The molecule has 0 bridgehead atoms. The fraction of sp³-hybridized carbons (Fsp3) is 0.167. The molecule has 0 aliphatic carbocycles. The van der Waals surface area contributed by atoms with E-state index in [0.29, 0.717) is 12.1 Å². The van der Waals surface area contributed by atoms with Crippen molar-refractivity contribution < 1.29 is 8.42 Å². The Morgan fingerprint density at radius 3 is 2.62 bits per heavy atom. The number of benzene rings is 1. The predicted molar refractivity (Wildman–Crippen MR) is 83.1 cm³/mol. The molecule has 2 rings (SSSR count). The summed E-state index contributed by atoms with van der Waals surface area (Å²) >= 11 is 11.6. The molecule has 2 aromatic rings. The number of hydrogen-bond acceptors (Lipinski definition) is 5. The molecule has 0 atom stereocenters. The monoisotopic (exact) mass is 346 g/mol. The van der Waals surface area contributed by atoms with E-state index in [0.717, 1.165) is 11.9 Å². The minimum Gasteiger partial charge on any atom is -0.398 e. The quantitative estimate of drug-likeness (QED) is 0.655. The third-order valence-electron chi connectivity index (χ3n) is 2.79. The number of nitrogens with one attached hydrogen (secondary N) is 1. The van der Waals surface area contributed by atoms with Crippen LogP contribution < -0.4 is 10.5 Å². The van der Waals surface area contributed by atoms with Gasteiger partial charge in [-0.15, -0.1) is 0 Å². The van der Waals surface area contributed by atoms with Crippen LogP contribution in [-0.4, -0.2) is 18.4 Å². The zero-order chi connectivity index (χ0) is 15.6. The molecule has 3 N–H and O–H groups in total. The third-order valence-corrected chi connectivity index (χ3v) is 4.86. The number of nitrogen functional groups attached to an aromatic ring is 1. The van der Waals surface area contributed by atoms with Crippen LogP contribution in [-0.2, 0) is 16.4 Å². The van der Waals surface area contributed by atoms with E-state index in [1.54, 1.807) is 6.07 Å². The van der Waals surface area contributed by atoms with Crippen LogP contribution in [0.25, 0.3) is 0 Å². The van der Waals surface area contributed by atoms with Crippen molar-refractivity contribution in [2.45, 2.75) is 18.2 Å². The van der Waals surface area contributed by atoms with Gasteiger partial charge in [0, 0.05) is 5.69 Å². The second-order valence-corrected chi connectivity index (χ2v) is 6.57. The van der Waals surface area contributed by atoms with Gasteiger partial charge in [0.05, 0.1) is 4.90 Å². The van der Waals surface area contributed by atoms with Crippen molar-refractivity contribution >= 4 is 44.7 Å². The standard InChI is InChI=1S/C12H12Cl2N4O2S/c1-2-7-3-4-8(5-9(7)15)21(19,20)18-12-10(13)11(14)16-6-17-12/h3-6H,2,15H2,1H3,(H,16,17,18). The smallest absolute Gasteiger partial charge is 0.263 e. The predicted octanol–water partition coefficient (Wildman–Crippen LogP) is 2.73. The average molecular weight is 347 g/mol. The van der Waals surface area contributed by atoms with Gasteiger partial charge in [-0.25, -0.2) is 18.4 Å². The van der Waals surface area contributed by atoms with Crippen molar-refractivity contribution in [1.82, 2.24) is 9.97 Å². The molecule has 0 saturated heterocycles. The first-order chi connectivity index (χ1) is 9.85. The Labute approximate surface area is 132 Å². The maximum Gasteiger partial charge on any atom is 0.263 e. The molecule has 0 aliphatic heterocycles. The molecule has 0 fully saturated rings. The van der Waals surface area contributed by atoms with Crippen molar-refractivity contribution in [3.8, 4) is 0 Å². The first kappa shape index (κ1) is 15.8. The largest absolute Gasteiger partial charge is 0.398 e. The number of sulfonamides is 1. The Morgan fingerprint density at radius 2 is 2.00 bits per heavy atom. The highest BCUT2D eigenvalue weighted by molar-refractivity contribution is 7.92. The Balaban J connectivity index is 2.39. The first-order valence-electron chi connectivity index (χ1n) is 5.92. The van der Waals surface area contributed by atoms with E-state index >= 15 is 0 Å². The number of anilines is 2. The van der Waals surface area contributed by atoms with Gasteiger partial charge in [0.25, 0.3) is 10.0 Å². The van der Waals surface area contributed by atoms with Gasteiger partial charge in [0.15, 0.2) is 11.0 Å². The summed E-state index contributed by atoms with van der Waals surface area (Å²) in [7, 11) is -3.86. The van der Waals surface area contributed by atoms with Gasteiger partial charge < -0.3 is 5.73 Å². The van der Waals surface area contributed by atoms with Gasteiger partial charge >= 0.3 is 0 Å². The van der Waals surface area contributed by atoms with E-state index in [2.05, 4.69) is 14.7 Å².